The molecule has 0 aromatic heterocycles. The summed E-state index contributed by atoms with van der Waals surface area (Å²) in [5, 5.41) is 8.50. The second-order valence-corrected chi connectivity index (χ2v) is 11.3. The van der Waals surface area contributed by atoms with E-state index in [1.54, 1.807) is 21.1 Å². The fraction of sp³-hybridized carbons (Fsp3) is 0.846. The molecule has 35 heavy (non-hydrogen) atoms. The van der Waals surface area contributed by atoms with E-state index in [9.17, 15) is 19.2 Å². The van der Waals surface area contributed by atoms with Crippen molar-refractivity contribution in [2.24, 2.45) is 11.3 Å². The quantitative estimate of drug-likeness (QED) is 0.152. The lowest BCUT2D eigenvalue weighted by atomic mass is 9.88. The molecule has 3 N–H and O–H groups in total. The van der Waals surface area contributed by atoms with Crippen LogP contribution in [0.4, 0.5) is 4.79 Å². The van der Waals surface area contributed by atoms with E-state index in [1.807, 2.05) is 20.8 Å². The molecule has 0 aromatic rings. The minimum absolute atomic E-state index is 0.0503. The molecule has 0 bridgehead atoms. The molecule has 0 spiro atoms. The van der Waals surface area contributed by atoms with Crippen molar-refractivity contribution < 1.29 is 28.4 Å². The summed E-state index contributed by atoms with van der Waals surface area (Å²) in [7, 11) is 5.12. The smallest absolute Gasteiger partial charge is 0.378 e. The highest BCUT2D eigenvalue weighted by atomic mass is 16.5. The van der Waals surface area contributed by atoms with E-state index < -0.39 is 11.5 Å². The van der Waals surface area contributed by atoms with Crippen LogP contribution in [0.1, 0.15) is 79.6 Å². The number of carbonyl (C=O) groups is 4. The zero-order valence-electron chi connectivity index (χ0n) is 23.4. The van der Waals surface area contributed by atoms with Crippen molar-refractivity contribution in [2.45, 2.75) is 91.7 Å². The molecule has 9 heteroatoms. The molecule has 0 aromatic carbocycles. The van der Waals surface area contributed by atoms with Gasteiger partial charge in [0.1, 0.15) is 6.29 Å². The third-order valence-corrected chi connectivity index (χ3v) is 5.88. The molecule has 0 saturated heterocycles. The molecule has 9 nitrogen and oxygen atoms in total. The van der Waals surface area contributed by atoms with Gasteiger partial charge in [0.05, 0.1) is 33.3 Å². The van der Waals surface area contributed by atoms with Gasteiger partial charge >= 0.3 is 6.03 Å². The van der Waals surface area contributed by atoms with Gasteiger partial charge in [-0.1, -0.05) is 40.5 Å². The number of aldehydes is 1. The average molecular weight is 500 g/mol. The van der Waals surface area contributed by atoms with Gasteiger partial charge in [0.25, 0.3) is 0 Å². The van der Waals surface area contributed by atoms with Gasteiger partial charge in [0, 0.05) is 31.5 Å². The summed E-state index contributed by atoms with van der Waals surface area (Å²) in [5.41, 5.74) is -0.498. The van der Waals surface area contributed by atoms with Crippen LogP contribution < -0.4 is 16.0 Å². The predicted molar refractivity (Wildman–Crippen MR) is 139 cm³/mol. The molecule has 2 unspecified atom stereocenters. The second kappa shape index (κ2) is 16.6. The molecule has 0 fully saturated rings. The standard InChI is InChI=1S/C26H50N4O5/c1-20(2)11-9-10-16-28-24(33)26(4,5)15-18-35-21(3)14-17-27-23(32)13-12-22(19-31)29-25(34)30(6,7)8/h19-22H,9-18H2,1-8H3,(H2-,27,28,29,32,33,34)/p+1. The van der Waals surface area contributed by atoms with Crippen molar-refractivity contribution in [3.05, 3.63) is 0 Å². The number of urea groups is 1. The van der Waals surface area contributed by atoms with Crippen LogP contribution in [0, 0.1) is 11.3 Å². The zero-order valence-corrected chi connectivity index (χ0v) is 23.4. The summed E-state index contributed by atoms with van der Waals surface area (Å²) in [5.74, 6) is 0.572. The van der Waals surface area contributed by atoms with Crippen molar-refractivity contribution in [3.8, 4) is 0 Å². The van der Waals surface area contributed by atoms with Gasteiger partial charge in [-0.3, -0.25) is 14.9 Å². The van der Waals surface area contributed by atoms with Crippen molar-refractivity contribution in [3.63, 3.8) is 0 Å². The topological polar surface area (TPSA) is 114 Å². The van der Waals surface area contributed by atoms with Crippen molar-refractivity contribution in [1.82, 2.24) is 16.0 Å². The van der Waals surface area contributed by atoms with Crippen molar-refractivity contribution in [2.75, 3.05) is 40.8 Å². The van der Waals surface area contributed by atoms with Gasteiger partial charge in [-0.15, -0.1) is 0 Å². The first-order valence-electron chi connectivity index (χ1n) is 12.9. The number of unbranched alkanes of at least 4 members (excludes halogenated alkanes) is 1. The van der Waals surface area contributed by atoms with Gasteiger partial charge in [0.15, 0.2) is 0 Å². The Bertz CT molecular complexity index is 659. The molecule has 0 saturated carbocycles. The number of quaternary nitrogens is 1. The number of rotatable bonds is 18. The lowest BCUT2D eigenvalue weighted by Crippen LogP contribution is -2.52. The molecule has 4 amide bonds. The van der Waals surface area contributed by atoms with E-state index in [0.717, 1.165) is 12.8 Å². The summed E-state index contributed by atoms with van der Waals surface area (Å²) in [6.07, 6.45) is 5.57. The third-order valence-electron chi connectivity index (χ3n) is 5.88. The van der Waals surface area contributed by atoms with Gasteiger partial charge in [0.2, 0.25) is 11.8 Å². The van der Waals surface area contributed by atoms with Crippen LogP contribution in [0.2, 0.25) is 0 Å². The minimum Gasteiger partial charge on any atom is -0.378 e. The summed E-state index contributed by atoms with van der Waals surface area (Å²) < 4.78 is 5.89. The lowest BCUT2D eigenvalue weighted by molar-refractivity contribution is -0.787. The van der Waals surface area contributed by atoms with Crippen LogP contribution >= 0.6 is 0 Å². The Morgan fingerprint density at radius 3 is 2.17 bits per heavy atom. The highest BCUT2D eigenvalue weighted by molar-refractivity contribution is 5.81. The summed E-state index contributed by atoms with van der Waals surface area (Å²) >= 11 is 0. The zero-order chi connectivity index (χ0) is 27.1. The first-order chi connectivity index (χ1) is 16.2. The maximum Gasteiger partial charge on any atom is 0.416 e. The van der Waals surface area contributed by atoms with Crippen LogP contribution in [0.5, 0.6) is 0 Å². The number of ether oxygens (including phenoxy) is 1. The fourth-order valence-corrected chi connectivity index (χ4v) is 3.15. The van der Waals surface area contributed by atoms with Gasteiger partial charge in [-0.25, -0.2) is 9.28 Å². The fourth-order valence-electron chi connectivity index (χ4n) is 3.15. The van der Waals surface area contributed by atoms with Crippen LogP contribution in [0.15, 0.2) is 0 Å². The first-order valence-corrected chi connectivity index (χ1v) is 12.9. The molecular formula is C26H51N4O5+. The van der Waals surface area contributed by atoms with Crippen LogP contribution in [0.25, 0.3) is 0 Å². The predicted octanol–water partition coefficient (Wildman–Crippen LogP) is 3.02. The summed E-state index contributed by atoms with van der Waals surface area (Å²) in [4.78, 5) is 47.7. The molecule has 0 rings (SSSR count). The molecule has 0 aliphatic rings. The van der Waals surface area contributed by atoms with Crippen LogP contribution in [-0.4, -0.2) is 81.6 Å². The Hall–Kier alpha value is -2.00. The SMILES string of the molecule is CC(C)CCCCNC(=O)C(C)(C)CCOC(C)CCNC(=O)CCC(C=O)NC(=O)[N+](C)(C)C. The van der Waals surface area contributed by atoms with E-state index >= 15 is 0 Å². The van der Waals surface area contributed by atoms with Crippen molar-refractivity contribution >= 4 is 24.1 Å². The highest BCUT2D eigenvalue weighted by Gasteiger charge is 2.27. The molecule has 0 heterocycles. The van der Waals surface area contributed by atoms with E-state index in [2.05, 4.69) is 29.8 Å². The van der Waals surface area contributed by atoms with Gasteiger partial charge < -0.3 is 20.2 Å². The number of nitrogens with zero attached hydrogens (tertiary/aromatic N) is 1. The normalized spacial score (nSPS) is 13.7. The second-order valence-electron chi connectivity index (χ2n) is 11.3. The number of hydrogen-bond acceptors (Lipinski definition) is 5. The average Bonchev–Trinajstić information content (AvgIpc) is 2.74. The Kier molecular flexibility index (Phi) is 15.7. The monoisotopic (exact) mass is 499 g/mol. The Morgan fingerprint density at radius 1 is 0.943 bits per heavy atom. The highest BCUT2D eigenvalue weighted by Crippen LogP contribution is 2.21. The molecule has 0 aliphatic carbocycles. The molecule has 0 radical (unpaired) electrons. The van der Waals surface area contributed by atoms with Gasteiger partial charge in [-0.05, 0) is 38.5 Å². The Morgan fingerprint density at radius 2 is 1.60 bits per heavy atom. The lowest BCUT2D eigenvalue weighted by Gasteiger charge is -2.24. The van der Waals surface area contributed by atoms with Crippen molar-refractivity contribution in [1.29, 1.82) is 0 Å². The Labute approximate surface area is 212 Å². The van der Waals surface area contributed by atoms with Crippen LogP contribution in [0.3, 0.4) is 0 Å². The molecular weight excluding hydrogens is 448 g/mol. The van der Waals surface area contributed by atoms with E-state index in [1.165, 1.54) is 6.42 Å². The number of nitrogens with one attached hydrogen (secondary N) is 3. The molecule has 204 valence electrons. The maximum atomic E-state index is 12.5. The van der Waals surface area contributed by atoms with E-state index in [4.69, 9.17) is 4.74 Å². The Balaban J connectivity index is 4.07. The number of carbonyl (C=O) groups excluding carboxylic acids is 4. The third kappa shape index (κ3) is 16.3. The number of hydrogen-bond donors (Lipinski definition) is 3. The molecule has 0 aliphatic heterocycles. The van der Waals surface area contributed by atoms with Gasteiger partial charge in [-0.2, -0.15) is 0 Å². The minimum atomic E-state index is -0.687. The number of amides is 4. The van der Waals surface area contributed by atoms with Crippen LogP contribution in [-0.2, 0) is 19.1 Å². The first kappa shape index (κ1) is 33.0. The van der Waals surface area contributed by atoms with E-state index in [-0.39, 0.29) is 41.3 Å². The largest absolute Gasteiger partial charge is 0.416 e. The summed E-state index contributed by atoms with van der Waals surface area (Å²) in [6.45, 7) is 11.8. The molecule has 2 atom stereocenters. The summed E-state index contributed by atoms with van der Waals surface area (Å²) in [6, 6.07) is -0.968. The van der Waals surface area contributed by atoms with E-state index in [0.29, 0.717) is 44.7 Å². The maximum absolute atomic E-state index is 12.5.